The maximum atomic E-state index is 13.3. The highest BCUT2D eigenvalue weighted by atomic mass is 16.5. The molecule has 0 saturated carbocycles. The number of hydrogen-bond acceptors (Lipinski definition) is 8. The second-order valence-electron chi connectivity index (χ2n) is 8.96. The third-order valence-corrected chi connectivity index (χ3v) is 6.45. The standard InChI is InChI=1S/C29H25N7O4/c1-38-25-11-7-23(8-12-25)35-17-21(30-32-35)16-34-27-6-4-3-5-20(27)15-28(34)29(37)40-19-22-18-36(33-31-22)24-9-13-26(39-2)14-10-24/h3-15,17-18H,16,19H2,1-2H3. The topological polar surface area (TPSA) is 111 Å². The zero-order valence-corrected chi connectivity index (χ0v) is 21.8. The molecule has 11 heteroatoms. The molecule has 0 aliphatic heterocycles. The Morgan fingerprint density at radius 3 is 1.95 bits per heavy atom. The molecule has 0 fully saturated rings. The largest absolute Gasteiger partial charge is 0.497 e. The lowest BCUT2D eigenvalue weighted by Crippen LogP contribution is -2.13. The van der Waals surface area contributed by atoms with E-state index in [4.69, 9.17) is 14.2 Å². The van der Waals surface area contributed by atoms with E-state index < -0.39 is 5.97 Å². The molecule has 0 spiro atoms. The molecule has 11 nitrogen and oxygen atoms in total. The van der Waals surface area contributed by atoms with Gasteiger partial charge >= 0.3 is 5.97 Å². The number of rotatable bonds is 9. The molecular formula is C29H25N7O4. The zero-order valence-electron chi connectivity index (χ0n) is 21.8. The van der Waals surface area contributed by atoms with Crippen LogP contribution in [0.5, 0.6) is 11.5 Å². The third-order valence-electron chi connectivity index (χ3n) is 6.45. The average Bonchev–Trinajstić information content (AvgIpc) is 3.76. The average molecular weight is 536 g/mol. The Kier molecular flexibility index (Phi) is 6.67. The molecule has 3 aromatic heterocycles. The van der Waals surface area contributed by atoms with Gasteiger partial charge < -0.3 is 18.8 Å². The normalized spacial score (nSPS) is 11.1. The molecule has 0 radical (unpaired) electrons. The first-order valence-corrected chi connectivity index (χ1v) is 12.5. The first-order chi connectivity index (χ1) is 19.6. The highest BCUT2D eigenvalue weighted by Gasteiger charge is 2.19. The monoisotopic (exact) mass is 535 g/mol. The van der Waals surface area contributed by atoms with Gasteiger partial charge in [-0.15, -0.1) is 10.2 Å². The van der Waals surface area contributed by atoms with Gasteiger partial charge in [-0.1, -0.05) is 28.6 Å². The molecule has 0 unspecified atom stereocenters. The summed E-state index contributed by atoms with van der Waals surface area (Å²) in [7, 11) is 3.24. The predicted molar refractivity (Wildman–Crippen MR) is 146 cm³/mol. The first-order valence-electron chi connectivity index (χ1n) is 12.5. The van der Waals surface area contributed by atoms with Crippen molar-refractivity contribution < 1.29 is 19.0 Å². The number of benzene rings is 3. The van der Waals surface area contributed by atoms with Crippen LogP contribution in [0.4, 0.5) is 0 Å². The van der Waals surface area contributed by atoms with E-state index in [1.54, 1.807) is 29.8 Å². The van der Waals surface area contributed by atoms with Crippen molar-refractivity contribution in [3.8, 4) is 22.9 Å². The Morgan fingerprint density at radius 2 is 1.32 bits per heavy atom. The van der Waals surface area contributed by atoms with E-state index in [1.165, 1.54) is 0 Å². The Hall–Kier alpha value is -5.45. The van der Waals surface area contributed by atoms with Gasteiger partial charge in [0, 0.05) is 10.9 Å². The molecule has 3 heterocycles. The molecule has 0 bridgehead atoms. The second-order valence-corrected chi connectivity index (χ2v) is 8.96. The van der Waals surface area contributed by atoms with Crippen molar-refractivity contribution in [3.63, 3.8) is 0 Å². The zero-order chi connectivity index (χ0) is 27.5. The molecule has 3 aromatic carbocycles. The van der Waals surface area contributed by atoms with Gasteiger partial charge in [0.25, 0.3) is 0 Å². The number of esters is 1. The number of methoxy groups -OCH3 is 2. The van der Waals surface area contributed by atoms with Crippen LogP contribution in [0.1, 0.15) is 21.9 Å². The van der Waals surface area contributed by atoms with Crippen LogP contribution in [-0.4, -0.2) is 54.7 Å². The van der Waals surface area contributed by atoms with Crippen LogP contribution in [0.2, 0.25) is 0 Å². The fourth-order valence-electron chi connectivity index (χ4n) is 4.38. The summed E-state index contributed by atoms with van der Waals surface area (Å²) in [6, 6.07) is 24.5. The highest BCUT2D eigenvalue weighted by molar-refractivity contribution is 5.95. The van der Waals surface area contributed by atoms with E-state index in [-0.39, 0.29) is 6.61 Å². The van der Waals surface area contributed by atoms with Crippen LogP contribution in [0, 0.1) is 0 Å². The highest BCUT2D eigenvalue weighted by Crippen LogP contribution is 2.23. The maximum absolute atomic E-state index is 13.3. The van der Waals surface area contributed by atoms with Crippen LogP contribution < -0.4 is 9.47 Å². The van der Waals surface area contributed by atoms with E-state index in [0.29, 0.717) is 23.6 Å². The molecule has 200 valence electrons. The van der Waals surface area contributed by atoms with Gasteiger partial charge in [-0.25, -0.2) is 14.2 Å². The van der Waals surface area contributed by atoms with Crippen molar-refractivity contribution in [1.29, 1.82) is 0 Å². The van der Waals surface area contributed by atoms with E-state index in [2.05, 4.69) is 20.6 Å². The first kappa shape index (κ1) is 24.9. The Morgan fingerprint density at radius 1 is 0.750 bits per heavy atom. The van der Waals surface area contributed by atoms with Gasteiger partial charge in [0.1, 0.15) is 35.2 Å². The third kappa shape index (κ3) is 4.99. The van der Waals surface area contributed by atoms with Gasteiger partial charge in [0.2, 0.25) is 0 Å². The number of nitrogens with zero attached hydrogens (tertiary/aromatic N) is 7. The summed E-state index contributed by atoms with van der Waals surface area (Å²) in [6.07, 6.45) is 3.56. The predicted octanol–water partition coefficient (Wildman–Crippen LogP) is 4.23. The number of carbonyl (C=O) groups excluding carboxylic acids is 1. The van der Waals surface area contributed by atoms with Crippen LogP contribution in [0.15, 0.2) is 91.3 Å². The van der Waals surface area contributed by atoms with Crippen molar-refractivity contribution in [2.75, 3.05) is 14.2 Å². The summed E-state index contributed by atoms with van der Waals surface area (Å²) in [5, 5.41) is 17.8. The SMILES string of the molecule is COc1ccc(-n2cc(COC(=O)c3cc4ccccc4n3Cc3cn(-c4ccc(OC)cc4)nn3)nn2)cc1. The molecule has 0 N–H and O–H groups in total. The smallest absolute Gasteiger partial charge is 0.355 e. The van der Waals surface area contributed by atoms with E-state index in [1.807, 2.05) is 89.6 Å². The maximum Gasteiger partial charge on any atom is 0.355 e. The molecule has 0 aliphatic carbocycles. The number of carbonyl (C=O) groups is 1. The summed E-state index contributed by atoms with van der Waals surface area (Å²) in [6.45, 7) is 0.311. The van der Waals surface area contributed by atoms with Crippen molar-refractivity contribution in [2.45, 2.75) is 13.2 Å². The molecule has 0 atom stereocenters. The van der Waals surface area contributed by atoms with Crippen LogP contribution >= 0.6 is 0 Å². The molecule has 0 amide bonds. The van der Waals surface area contributed by atoms with Gasteiger partial charge in [-0.2, -0.15) is 0 Å². The fourth-order valence-corrected chi connectivity index (χ4v) is 4.38. The Bertz CT molecular complexity index is 1770. The number of para-hydroxylation sites is 1. The molecule has 0 saturated heterocycles. The lowest BCUT2D eigenvalue weighted by atomic mass is 10.2. The quantitative estimate of drug-likeness (QED) is 0.253. The lowest BCUT2D eigenvalue weighted by molar-refractivity contribution is 0.0456. The summed E-state index contributed by atoms with van der Waals surface area (Å²) in [5.41, 5.74) is 4.16. The van der Waals surface area contributed by atoms with Gasteiger partial charge in [0.05, 0.1) is 44.5 Å². The second kappa shape index (κ2) is 10.7. The molecule has 6 aromatic rings. The van der Waals surface area contributed by atoms with E-state index in [9.17, 15) is 4.79 Å². The molecule has 40 heavy (non-hydrogen) atoms. The summed E-state index contributed by atoms with van der Waals surface area (Å²) in [5.74, 6) is 1.03. The Labute approximate surface area is 229 Å². The Balaban J connectivity index is 1.20. The van der Waals surface area contributed by atoms with Crippen LogP contribution in [0.25, 0.3) is 22.3 Å². The van der Waals surface area contributed by atoms with Crippen LogP contribution in [0.3, 0.4) is 0 Å². The van der Waals surface area contributed by atoms with Crippen molar-refractivity contribution >= 4 is 16.9 Å². The fraction of sp³-hybridized carbons (Fsp3) is 0.138. The molecular weight excluding hydrogens is 510 g/mol. The van der Waals surface area contributed by atoms with E-state index >= 15 is 0 Å². The minimum absolute atomic E-state index is 0.0236. The summed E-state index contributed by atoms with van der Waals surface area (Å²) >= 11 is 0. The van der Waals surface area contributed by atoms with E-state index in [0.717, 1.165) is 33.8 Å². The number of aromatic nitrogens is 7. The van der Waals surface area contributed by atoms with Crippen molar-refractivity contribution in [3.05, 3.63) is 108 Å². The molecule has 0 aliphatic rings. The summed E-state index contributed by atoms with van der Waals surface area (Å²) in [4.78, 5) is 13.3. The number of fused-ring (bicyclic) bond motifs is 1. The number of ether oxygens (including phenoxy) is 3. The van der Waals surface area contributed by atoms with Crippen molar-refractivity contribution in [1.82, 2.24) is 34.6 Å². The van der Waals surface area contributed by atoms with Gasteiger partial charge in [-0.05, 0) is 60.7 Å². The van der Waals surface area contributed by atoms with Crippen molar-refractivity contribution in [2.24, 2.45) is 0 Å². The minimum atomic E-state index is -0.474. The lowest BCUT2D eigenvalue weighted by Gasteiger charge is -2.09. The molecule has 6 rings (SSSR count). The van der Waals surface area contributed by atoms with Crippen LogP contribution in [-0.2, 0) is 17.9 Å². The van der Waals surface area contributed by atoms with Gasteiger partial charge in [0.15, 0.2) is 0 Å². The number of hydrogen-bond donors (Lipinski definition) is 0. The minimum Gasteiger partial charge on any atom is -0.497 e. The van der Waals surface area contributed by atoms with Gasteiger partial charge in [-0.3, -0.25) is 0 Å². The summed E-state index contributed by atoms with van der Waals surface area (Å²) < 4.78 is 21.3.